The van der Waals surface area contributed by atoms with Crippen molar-refractivity contribution in [1.82, 2.24) is 10.0 Å². The van der Waals surface area contributed by atoms with E-state index in [-0.39, 0.29) is 28.2 Å². The van der Waals surface area contributed by atoms with E-state index in [1.165, 1.54) is 32.4 Å². The zero-order valence-corrected chi connectivity index (χ0v) is 16.4. The lowest BCUT2D eigenvalue weighted by atomic mass is 10.1. The summed E-state index contributed by atoms with van der Waals surface area (Å²) < 4.78 is 32.5. The SMILES string of the molecule is CNS(=O)(=O)c1cc(C(=O)N[C@@H](C)c2ccc(Br)cc2)ccc1OC. The minimum atomic E-state index is -3.74. The maximum atomic E-state index is 12.5. The average molecular weight is 427 g/mol. The molecule has 0 saturated carbocycles. The third-order valence-electron chi connectivity index (χ3n) is 3.70. The van der Waals surface area contributed by atoms with Gasteiger partial charge in [0.2, 0.25) is 10.0 Å². The molecule has 2 rings (SSSR count). The number of rotatable bonds is 6. The van der Waals surface area contributed by atoms with Crippen molar-refractivity contribution in [3.63, 3.8) is 0 Å². The largest absolute Gasteiger partial charge is 0.495 e. The molecule has 0 aliphatic heterocycles. The number of ether oxygens (including phenoxy) is 1. The number of carbonyl (C=O) groups is 1. The summed E-state index contributed by atoms with van der Waals surface area (Å²) in [5.74, 6) is -0.197. The van der Waals surface area contributed by atoms with Crippen molar-refractivity contribution in [3.05, 3.63) is 58.1 Å². The molecule has 0 aliphatic carbocycles. The van der Waals surface area contributed by atoms with E-state index >= 15 is 0 Å². The van der Waals surface area contributed by atoms with Crippen molar-refractivity contribution in [1.29, 1.82) is 0 Å². The topological polar surface area (TPSA) is 84.5 Å². The number of amides is 1. The first-order valence-electron chi connectivity index (χ1n) is 7.46. The zero-order valence-electron chi connectivity index (χ0n) is 14.0. The van der Waals surface area contributed by atoms with Gasteiger partial charge in [-0.05, 0) is 49.9 Å². The number of methoxy groups -OCH3 is 1. The fraction of sp³-hybridized carbons (Fsp3) is 0.235. The lowest BCUT2D eigenvalue weighted by Crippen LogP contribution is -2.27. The van der Waals surface area contributed by atoms with Gasteiger partial charge in [0.15, 0.2) is 0 Å². The first kappa shape index (κ1) is 19.4. The molecule has 6 nitrogen and oxygen atoms in total. The monoisotopic (exact) mass is 426 g/mol. The Hall–Kier alpha value is -1.90. The van der Waals surface area contributed by atoms with E-state index in [1.54, 1.807) is 0 Å². The van der Waals surface area contributed by atoms with Crippen LogP contribution >= 0.6 is 15.9 Å². The molecule has 0 aliphatic rings. The normalized spacial score (nSPS) is 12.5. The minimum absolute atomic E-state index is 0.0820. The molecule has 0 bridgehead atoms. The van der Waals surface area contributed by atoms with E-state index in [4.69, 9.17) is 4.74 Å². The quantitative estimate of drug-likeness (QED) is 0.743. The predicted octanol–water partition coefficient (Wildman–Crippen LogP) is 2.86. The van der Waals surface area contributed by atoms with Gasteiger partial charge in [0.05, 0.1) is 13.2 Å². The number of nitrogens with one attached hydrogen (secondary N) is 2. The van der Waals surface area contributed by atoms with Gasteiger partial charge in [-0.2, -0.15) is 0 Å². The van der Waals surface area contributed by atoms with Gasteiger partial charge >= 0.3 is 0 Å². The Morgan fingerprint density at radius 2 is 1.80 bits per heavy atom. The van der Waals surface area contributed by atoms with Crippen molar-refractivity contribution in [2.75, 3.05) is 14.2 Å². The van der Waals surface area contributed by atoms with Crippen molar-refractivity contribution >= 4 is 31.9 Å². The molecular weight excluding hydrogens is 408 g/mol. The maximum absolute atomic E-state index is 12.5. The van der Waals surface area contributed by atoms with Gasteiger partial charge in [-0.15, -0.1) is 0 Å². The van der Waals surface area contributed by atoms with Crippen LogP contribution in [-0.2, 0) is 10.0 Å². The van der Waals surface area contributed by atoms with E-state index in [9.17, 15) is 13.2 Å². The van der Waals surface area contributed by atoms with Gasteiger partial charge in [0.25, 0.3) is 5.91 Å². The highest BCUT2D eigenvalue weighted by Gasteiger charge is 2.21. The Kier molecular flexibility index (Phi) is 6.21. The van der Waals surface area contributed by atoms with Crippen LogP contribution in [0.5, 0.6) is 5.75 Å². The van der Waals surface area contributed by atoms with Gasteiger partial charge in [-0.3, -0.25) is 4.79 Å². The summed E-state index contributed by atoms with van der Waals surface area (Å²) in [6, 6.07) is 11.6. The van der Waals surface area contributed by atoms with Crippen molar-refractivity contribution in [3.8, 4) is 5.75 Å². The molecule has 25 heavy (non-hydrogen) atoms. The number of carbonyl (C=O) groups excluding carboxylic acids is 1. The highest BCUT2D eigenvalue weighted by Crippen LogP contribution is 2.25. The third-order valence-corrected chi connectivity index (χ3v) is 5.67. The fourth-order valence-electron chi connectivity index (χ4n) is 2.25. The molecule has 0 saturated heterocycles. The van der Waals surface area contributed by atoms with Crippen molar-refractivity contribution in [2.45, 2.75) is 17.9 Å². The van der Waals surface area contributed by atoms with E-state index in [0.717, 1.165) is 10.0 Å². The van der Waals surface area contributed by atoms with E-state index in [0.29, 0.717) is 0 Å². The van der Waals surface area contributed by atoms with Crippen LogP contribution < -0.4 is 14.8 Å². The number of benzene rings is 2. The highest BCUT2D eigenvalue weighted by molar-refractivity contribution is 9.10. The molecular formula is C17H19BrN2O4S. The molecule has 0 radical (unpaired) electrons. The molecule has 0 aromatic heterocycles. The third kappa shape index (κ3) is 4.59. The first-order chi connectivity index (χ1) is 11.8. The molecule has 2 aromatic carbocycles. The molecule has 1 amide bonds. The first-order valence-corrected chi connectivity index (χ1v) is 9.74. The summed E-state index contributed by atoms with van der Waals surface area (Å²) in [4.78, 5) is 12.4. The van der Waals surface area contributed by atoms with Gasteiger partial charge in [0, 0.05) is 10.0 Å². The summed E-state index contributed by atoms with van der Waals surface area (Å²) in [5, 5.41) is 2.86. The molecule has 0 heterocycles. The number of hydrogen-bond acceptors (Lipinski definition) is 4. The van der Waals surface area contributed by atoms with Crippen molar-refractivity contribution in [2.24, 2.45) is 0 Å². The zero-order chi connectivity index (χ0) is 18.6. The Balaban J connectivity index is 2.27. The Morgan fingerprint density at radius 1 is 1.16 bits per heavy atom. The smallest absolute Gasteiger partial charge is 0.251 e. The van der Waals surface area contributed by atoms with Crippen molar-refractivity contribution < 1.29 is 17.9 Å². The second kappa shape index (κ2) is 7.99. The van der Waals surface area contributed by atoms with Crippen LogP contribution in [0.2, 0.25) is 0 Å². The Bertz CT molecular complexity index is 867. The molecule has 0 spiro atoms. The van der Waals surface area contributed by atoms with Crippen LogP contribution in [0.15, 0.2) is 51.8 Å². The van der Waals surface area contributed by atoms with Gasteiger partial charge in [0.1, 0.15) is 10.6 Å². The molecule has 0 fully saturated rings. The molecule has 1 atom stereocenters. The molecule has 2 aromatic rings. The van der Waals surface area contributed by atoms with Crippen LogP contribution in [0.3, 0.4) is 0 Å². The van der Waals surface area contributed by atoms with Gasteiger partial charge in [-0.25, -0.2) is 13.1 Å². The lowest BCUT2D eigenvalue weighted by Gasteiger charge is -2.16. The number of halogens is 1. The summed E-state index contributed by atoms with van der Waals surface area (Å²) in [6.45, 7) is 1.86. The van der Waals surface area contributed by atoms with Crippen LogP contribution in [0.25, 0.3) is 0 Å². The second-order valence-corrected chi connectivity index (χ2v) is 8.09. The summed E-state index contributed by atoms with van der Waals surface area (Å²) in [6.07, 6.45) is 0. The van der Waals surface area contributed by atoms with Crippen LogP contribution in [0.4, 0.5) is 0 Å². The van der Waals surface area contributed by atoms with Crippen LogP contribution in [0, 0.1) is 0 Å². The van der Waals surface area contributed by atoms with Crippen LogP contribution in [0.1, 0.15) is 28.9 Å². The van der Waals surface area contributed by atoms with Gasteiger partial charge < -0.3 is 10.1 Å². The summed E-state index contributed by atoms with van der Waals surface area (Å²) in [7, 11) is -1.07. The Morgan fingerprint density at radius 3 is 2.36 bits per heavy atom. The second-order valence-electron chi connectivity index (χ2n) is 5.32. The lowest BCUT2D eigenvalue weighted by molar-refractivity contribution is 0.0939. The van der Waals surface area contributed by atoms with E-state index < -0.39 is 10.0 Å². The fourth-order valence-corrected chi connectivity index (χ4v) is 3.44. The minimum Gasteiger partial charge on any atom is -0.495 e. The van der Waals surface area contributed by atoms with E-state index in [2.05, 4.69) is 26.0 Å². The van der Waals surface area contributed by atoms with Gasteiger partial charge in [-0.1, -0.05) is 28.1 Å². The Labute approximate surface area is 155 Å². The maximum Gasteiger partial charge on any atom is 0.251 e. The van der Waals surface area contributed by atoms with E-state index in [1.807, 2.05) is 31.2 Å². The standard InChI is InChI=1S/C17H19BrN2O4S/c1-11(12-4-7-14(18)8-5-12)20-17(21)13-6-9-15(24-3)16(10-13)25(22,23)19-2/h4-11,19H,1-3H3,(H,20,21)/t11-/m0/s1. The molecule has 8 heteroatoms. The molecule has 0 unspecified atom stereocenters. The summed E-state index contributed by atoms with van der Waals surface area (Å²) in [5.41, 5.74) is 1.17. The highest BCUT2D eigenvalue weighted by atomic mass is 79.9. The summed E-state index contributed by atoms with van der Waals surface area (Å²) >= 11 is 3.37. The molecule has 134 valence electrons. The predicted molar refractivity (Wildman–Crippen MR) is 99.3 cm³/mol. The average Bonchev–Trinajstić information content (AvgIpc) is 2.61. The van der Waals surface area contributed by atoms with Crippen LogP contribution in [-0.4, -0.2) is 28.5 Å². The molecule has 2 N–H and O–H groups in total. The number of sulfonamides is 1. The number of hydrogen-bond donors (Lipinski definition) is 2.